The fourth-order valence-corrected chi connectivity index (χ4v) is 1.31. The van der Waals surface area contributed by atoms with Crippen molar-refractivity contribution in [1.82, 2.24) is 4.57 Å². The minimum atomic E-state index is 0.0281. The molecular formula is C12H10NO. The van der Waals surface area contributed by atoms with E-state index < -0.39 is 0 Å². The van der Waals surface area contributed by atoms with Crippen LogP contribution in [0.4, 0.5) is 0 Å². The SMILES string of the molecule is O=c1ccccn1Cc1cc[c]cc1. The average Bonchev–Trinajstić information content (AvgIpc) is 2.23. The van der Waals surface area contributed by atoms with Crippen LogP contribution < -0.4 is 5.56 Å². The summed E-state index contributed by atoms with van der Waals surface area (Å²) >= 11 is 0. The maximum absolute atomic E-state index is 11.4. The Bertz CT molecular complexity index is 459. The van der Waals surface area contributed by atoms with Crippen LogP contribution in [0.2, 0.25) is 0 Å². The second-order valence-electron chi connectivity index (χ2n) is 3.08. The first-order chi connectivity index (χ1) is 6.86. The molecule has 0 atom stereocenters. The van der Waals surface area contributed by atoms with Crippen molar-refractivity contribution in [1.29, 1.82) is 0 Å². The number of pyridine rings is 1. The van der Waals surface area contributed by atoms with Gasteiger partial charge in [-0.15, -0.1) is 0 Å². The molecule has 2 rings (SSSR count). The van der Waals surface area contributed by atoms with Crippen LogP contribution in [0.15, 0.2) is 53.5 Å². The van der Waals surface area contributed by atoms with E-state index >= 15 is 0 Å². The summed E-state index contributed by atoms with van der Waals surface area (Å²) in [5.74, 6) is 0. The number of rotatable bonds is 2. The molecule has 0 unspecified atom stereocenters. The van der Waals surface area contributed by atoms with Crippen molar-refractivity contribution in [3.63, 3.8) is 0 Å². The predicted octanol–water partition coefficient (Wildman–Crippen LogP) is 1.70. The first-order valence-electron chi connectivity index (χ1n) is 4.47. The molecule has 14 heavy (non-hydrogen) atoms. The van der Waals surface area contributed by atoms with E-state index in [2.05, 4.69) is 6.07 Å². The van der Waals surface area contributed by atoms with Crippen LogP contribution in [-0.2, 0) is 6.54 Å². The molecule has 1 aromatic carbocycles. The van der Waals surface area contributed by atoms with Gasteiger partial charge in [-0.3, -0.25) is 4.79 Å². The first-order valence-corrected chi connectivity index (χ1v) is 4.47. The lowest BCUT2D eigenvalue weighted by Crippen LogP contribution is -2.18. The maximum atomic E-state index is 11.4. The molecule has 2 heteroatoms. The minimum absolute atomic E-state index is 0.0281. The molecule has 69 valence electrons. The fraction of sp³-hybridized carbons (Fsp3) is 0.0833. The van der Waals surface area contributed by atoms with Crippen molar-refractivity contribution < 1.29 is 0 Å². The zero-order valence-electron chi connectivity index (χ0n) is 7.68. The highest BCUT2D eigenvalue weighted by Crippen LogP contribution is 1.99. The van der Waals surface area contributed by atoms with E-state index in [9.17, 15) is 4.79 Å². The molecule has 0 saturated heterocycles. The van der Waals surface area contributed by atoms with E-state index in [1.807, 2.05) is 30.3 Å². The zero-order valence-corrected chi connectivity index (χ0v) is 7.68. The summed E-state index contributed by atoms with van der Waals surface area (Å²) in [5.41, 5.74) is 1.14. The molecule has 0 amide bonds. The third-order valence-electron chi connectivity index (χ3n) is 2.04. The van der Waals surface area contributed by atoms with Gasteiger partial charge in [0.15, 0.2) is 0 Å². The van der Waals surface area contributed by atoms with E-state index in [0.717, 1.165) is 5.56 Å². The fourth-order valence-electron chi connectivity index (χ4n) is 1.31. The van der Waals surface area contributed by atoms with Gasteiger partial charge >= 0.3 is 0 Å². The van der Waals surface area contributed by atoms with E-state index in [4.69, 9.17) is 0 Å². The van der Waals surface area contributed by atoms with Gasteiger partial charge in [-0.05, 0) is 17.7 Å². The summed E-state index contributed by atoms with van der Waals surface area (Å²) in [4.78, 5) is 11.4. The molecule has 1 radical (unpaired) electrons. The Labute approximate surface area is 82.4 Å². The summed E-state index contributed by atoms with van der Waals surface area (Å²) in [6, 6.07) is 15.7. The molecule has 0 bridgehead atoms. The lowest BCUT2D eigenvalue weighted by Gasteiger charge is -2.03. The van der Waals surface area contributed by atoms with Crippen LogP contribution in [0.1, 0.15) is 5.56 Å². The number of nitrogens with zero attached hydrogens (tertiary/aromatic N) is 1. The Morgan fingerprint density at radius 2 is 1.93 bits per heavy atom. The van der Waals surface area contributed by atoms with Gasteiger partial charge in [0.2, 0.25) is 0 Å². The summed E-state index contributed by atoms with van der Waals surface area (Å²) in [6.07, 6.45) is 1.79. The Kier molecular flexibility index (Phi) is 2.45. The maximum Gasteiger partial charge on any atom is 0.250 e. The highest BCUT2D eigenvalue weighted by Gasteiger charge is 1.94. The number of aromatic nitrogens is 1. The van der Waals surface area contributed by atoms with Gasteiger partial charge in [-0.2, -0.15) is 0 Å². The predicted molar refractivity (Wildman–Crippen MR) is 55.1 cm³/mol. The Morgan fingerprint density at radius 1 is 1.14 bits per heavy atom. The van der Waals surface area contributed by atoms with Crippen molar-refractivity contribution in [2.45, 2.75) is 6.54 Å². The van der Waals surface area contributed by atoms with E-state index in [1.165, 1.54) is 0 Å². The van der Waals surface area contributed by atoms with Crippen LogP contribution >= 0.6 is 0 Å². The van der Waals surface area contributed by atoms with Crippen molar-refractivity contribution in [2.75, 3.05) is 0 Å². The molecule has 0 spiro atoms. The molecule has 2 nitrogen and oxygen atoms in total. The largest absolute Gasteiger partial charge is 0.311 e. The van der Waals surface area contributed by atoms with Gasteiger partial charge in [0, 0.05) is 12.3 Å². The highest BCUT2D eigenvalue weighted by molar-refractivity contribution is 5.14. The van der Waals surface area contributed by atoms with Crippen molar-refractivity contribution in [2.24, 2.45) is 0 Å². The molecule has 0 aliphatic heterocycles. The normalized spacial score (nSPS) is 10.0. The van der Waals surface area contributed by atoms with Gasteiger partial charge in [0.05, 0.1) is 6.54 Å². The van der Waals surface area contributed by atoms with Crippen molar-refractivity contribution >= 4 is 0 Å². The standard InChI is InChI=1S/C12H10NO/c14-12-8-4-5-9-13(12)10-11-6-2-1-3-7-11/h2-9H,10H2. The number of benzene rings is 1. The van der Waals surface area contributed by atoms with Crippen LogP contribution in [0.5, 0.6) is 0 Å². The Balaban J connectivity index is 2.28. The van der Waals surface area contributed by atoms with Gasteiger partial charge in [-0.1, -0.05) is 30.3 Å². The summed E-state index contributed by atoms with van der Waals surface area (Å²) in [5, 5.41) is 0. The number of hydrogen-bond acceptors (Lipinski definition) is 1. The monoisotopic (exact) mass is 184 g/mol. The van der Waals surface area contributed by atoms with Crippen molar-refractivity contribution in [3.8, 4) is 0 Å². The van der Waals surface area contributed by atoms with Gasteiger partial charge in [0.1, 0.15) is 0 Å². The van der Waals surface area contributed by atoms with E-state index in [0.29, 0.717) is 6.54 Å². The van der Waals surface area contributed by atoms with Gasteiger partial charge in [-0.25, -0.2) is 0 Å². The highest BCUT2D eigenvalue weighted by atomic mass is 16.1. The molecule has 0 aliphatic carbocycles. The molecular weight excluding hydrogens is 174 g/mol. The third-order valence-corrected chi connectivity index (χ3v) is 2.04. The lowest BCUT2D eigenvalue weighted by molar-refractivity contribution is 0.759. The van der Waals surface area contributed by atoms with E-state index in [1.54, 1.807) is 22.9 Å². The summed E-state index contributed by atoms with van der Waals surface area (Å²) in [7, 11) is 0. The Hall–Kier alpha value is -1.83. The molecule has 1 aromatic heterocycles. The number of hydrogen-bond donors (Lipinski definition) is 0. The van der Waals surface area contributed by atoms with Gasteiger partial charge < -0.3 is 4.57 Å². The van der Waals surface area contributed by atoms with Crippen LogP contribution in [0.3, 0.4) is 0 Å². The van der Waals surface area contributed by atoms with Crippen LogP contribution in [0, 0.1) is 6.07 Å². The second-order valence-corrected chi connectivity index (χ2v) is 3.08. The topological polar surface area (TPSA) is 22.0 Å². The molecule has 0 fully saturated rings. The van der Waals surface area contributed by atoms with Crippen molar-refractivity contribution in [3.05, 3.63) is 70.6 Å². The lowest BCUT2D eigenvalue weighted by atomic mass is 10.2. The first kappa shape index (κ1) is 8.75. The smallest absolute Gasteiger partial charge is 0.250 e. The van der Waals surface area contributed by atoms with Crippen LogP contribution in [0.25, 0.3) is 0 Å². The molecule has 0 aliphatic rings. The zero-order chi connectivity index (χ0) is 9.80. The summed E-state index contributed by atoms with van der Waals surface area (Å²) in [6.45, 7) is 0.619. The minimum Gasteiger partial charge on any atom is -0.311 e. The molecule has 2 aromatic rings. The quantitative estimate of drug-likeness (QED) is 0.696. The van der Waals surface area contributed by atoms with Crippen LogP contribution in [-0.4, -0.2) is 4.57 Å². The molecule has 1 heterocycles. The Morgan fingerprint density at radius 3 is 2.64 bits per heavy atom. The summed E-state index contributed by atoms with van der Waals surface area (Å²) < 4.78 is 1.68. The second kappa shape index (κ2) is 3.92. The van der Waals surface area contributed by atoms with Gasteiger partial charge in [0.25, 0.3) is 5.56 Å². The molecule has 0 saturated carbocycles. The molecule has 0 N–H and O–H groups in total. The van der Waals surface area contributed by atoms with E-state index in [-0.39, 0.29) is 5.56 Å². The third kappa shape index (κ3) is 1.91. The average molecular weight is 184 g/mol.